The van der Waals surface area contributed by atoms with Gasteiger partial charge in [0.05, 0.1) is 17.1 Å². The smallest absolute Gasteiger partial charge is 0.288 e. The van der Waals surface area contributed by atoms with E-state index in [1.54, 1.807) is 0 Å². The summed E-state index contributed by atoms with van der Waals surface area (Å²) in [6.45, 7) is 0.625. The number of pyridine rings is 1. The van der Waals surface area contributed by atoms with Crippen molar-refractivity contribution >= 4 is 23.2 Å². The minimum Gasteiger partial charge on any atom is -0.383 e. The Morgan fingerprint density at radius 2 is 2.41 bits per heavy atom. The number of methoxy groups -OCH3 is 1. The van der Waals surface area contributed by atoms with Gasteiger partial charge in [0.1, 0.15) is 11.3 Å². The molecule has 1 amide bonds. The zero-order valence-electron chi connectivity index (χ0n) is 8.97. The highest BCUT2D eigenvalue weighted by molar-refractivity contribution is 6.32. The van der Waals surface area contributed by atoms with Crippen molar-refractivity contribution in [1.29, 1.82) is 0 Å². The maximum absolute atomic E-state index is 11.6. The van der Waals surface area contributed by atoms with Crippen molar-refractivity contribution in [3.8, 4) is 0 Å². The Balaban J connectivity index is 2.84. The molecule has 1 N–H and O–H groups in total. The number of rotatable bonds is 5. The molecule has 0 radical (unpaired) electrons. The number of hydrogen-bond donors (Lipinski definition) is 1. The van der Waals surface area contributed by atoms with E-state index in [9.17, 15) is 14.9 Å². The van der Waals surface area contributed by atoms with Gasteiger partial charge in [-0.05, 0) is 0 Å². The van der Waals surface area contributed by atoms with Crippen molar-refractivity contribution in [1.82, 2.24) is 10.3 Å². The van der Waals surface area contributed by atoms with Crippen molar-refractivity contribution in [2.24, 2.45) is 0 Å². The summed E-state index contributed by atoms with van der Waals surface area (Å²) in [5.74, 6) is -0.525. The van der Waals surface area contributed by atoms with Crippen molar-refractivity contribution in [3.05, 3.63) is 33.1 Å². The lowest BCUT2D eigenvalue weighted by Gasteiger charge is -2.05. The maximum atomic E-state index is 11.6. The minimum atomic E-state index is -0.644. The molecule has 0 bridgehead atoms. The molecule has 1 heterocycles. The second-order valence-electron chi connectivity index (χ2n) is 3.04. The molecule has 1 rings (SSSR count). The van der Waals surface area contributed by atoms with E-state index >= 15 is 0 Å². The quantitative estimate of drug-likeness (QED) is 0.369. The Hall–Kier alpha value is -1.73. The van der Waals surface area contributed by atoms with Crippen LogP contribution >= 0.6 is 11.6 Å². The number of nitrogens with zero attached hydrogens (tertiary/aromatic N) is 2. The number of carbonyl (C=O) groups is 1. The molecule has 0 fully saturated rings. The van der Waals surface area contributed by atoms with Crippen molar-refractivity contribution in [3.63, 3.8) is 0 Å². The summed E-state index contributed by atoms with van der Waals surface area (Å²) >= 11 is 5.68. The lowest BCUT2D eigenvalue weighted by Crippen LogP contribution is -2.27. The molecule has 0 saturated heterocycles. The number of nitrogens with one attached hydrogen (secondary N) is 1. The Bertz CT molecular complexity index is 438. The third-order valence-corrected chi connectivity index (χ3v) is 2.17. The van der Waals surface area contributed by atoms with E-state index < -0.39 is 10.8 Å². The molecule has 0 aliphatic heterocycles. The predicted molar refractivity (Wildman–Crippen MR) is 60.1 cm³/mol. The number of carbonyl (C=O) groups excluding carboxylic acids is 1. The van der Waals surface area contributed by atoms with Gasteiger partial charge in [-0.15, -0.1) is 0 Å². The highest BCUT2D eigenvalue weighted by atomic mass is 35.5. The monoisotopic (exact) mass is 259 g/mol. The Kier molecular flexibility index (Phi) is 4.80. The maximum Gasteiger partial charge on any atom is 0.288 e. The van der Waals surface area contributed by atoms with E-state index in [4.69, 9.17) is 16.3 Å². The zero-order chi connectivity index (χ0) is 12.8. The van der Waals surface area contributed by atoms with Crippen LogP contribution in [0.2, 0.25) is 5.15 Å². The summed E-state index contributed by atoms with van der Waals surface area (Å²) < 4.78 is 4.75. The molecule has 1 aromatic rings. The molecular weight excluding hydrogens is 250 g/mol. The van der Waals surface area contributed by atoms with E-state index in [-0.39, 0.29) is 22.9 Å². The summed E-state index contributed by atoms with van der Waals surface area (Å²) in [5, 5.41) is 12.9. The first-order valence-electron chi connectivity index (χ1n) is 4.63. The van der Waals surface area contributed by atoms with E-state index in [0.29, 0.717) is 6.61 Å². The average Bonchev–Trinajstić information content (AvgIpc) is 2.29. The van der Waals surface area contributed by atoms with Crippen LogP contribution in [-0.4, -0.2) is 36.1 Å². The van der Waals surface area contributed by atoms with Crippen LogP contribution in [0.1, 0.15) is 10.4 Å². The molecule has 92 valence electrons. The molecule has 0 aromatic carbocycles. The zero-order valence-corrected chi connectivity index (χ0v) is 9.73. The molecule has 0 aliphatic rings. The molecule has 0 aliphatic carbocycles. The summed E-state index contributed by atoms with van der Waals surface area (Å²) in [7, 11) is 1.49. The second-order valence-corrected chi connectivity index (χ2v) is 3.40. The second kappa shape index (κ2) is 6.12. The van der Waals surface area contributed by atoms with Gasteiger partial charge < -0.3 is 10.1 Å². The van der Waals surface area contributed by atoms with Gasteiger partial charge in [-0.2, -0.15) is 0 Å². The molecule has 0 unspecified atom stereocenters. The van der Waals surface area contributed by atoms with Crippen LogP contribution in [-0.2, 0) is 4.74 Å². The van der Waals surface area contributed by atoms with Gasteiger partial charge in [-0.1, -0.05) is 11.6 Å². The molecule has 1 aromatic heterocycles. The number of hydrogen-bond acceptors (Lipinski definition) is 5. The van der Waals surface area contributed by atoms with Gasteiger partial charge in [0.2, 0.25) is 0 Å². The molecule has 8 heteroatoms. The third kappa shape index (κ3) is 3.65. The first-order chi connectivity index (χ1) is 8.06. The van der Waals surface area contributed by atoms with Gasteiger partial charge >= 0.3 is 0 Å². The van der Waals surface area contributed by atoms with E-state index in [1.165, 1.54) is 7.11 Å². The van der Waals surface area contributed by atoms with Gasteiger partial charge in [0, 0.05) is 19.7 Å². The van der Waals surface area contributed by atoms with Crippen molar-refractivity contribution in [2.45, 2.75) is 0 Å². The van der Waals surface area contributed by atoms with Crippen LogP contribution in [0.5, 0.6) is 0 Å². The largest absolute Gasteiger partial charge is 0.383 e. The fourth-order valence-electron chi connectivity index (χ4n) is 1.06. The molecule has 0 saturated carbocycles. The fraction of sp³-hybridized carbons (Fsp3) is 0.333. The third-order valence-electron chi connectivity index (χ3n) is 1.87. The molecule has 17 heavy (non-hydrogen) atoms. The highest BCUT2D eigenvalue weighted by Crippen LogP contribution is 2.18. The van der Waals surface area contributed by atoms with Crippen LogP contribution in [0.15, 0.2) is 12.3 Å². The summed E-state index contributed by atoms with van der Waals surface area (Å²) in [6.07, 6.45) is 0.994. The molecular formula is C9H10ClN3O4. The number of amides is 1. The van der Waals surface area contributed by atoms with Crippen LogP contribution in [0.25, 0.3) is 0 Å². The molecule has 0 spiro atoms. The first kappa shape index (κ1) is 13.3. The standard InChI is InChI=1S/C9H10ClN3O4/c1-17-3-2-11-9(14)7-4-6(13(15)16)5-12-8(7)10/h4-5H,2-3H2,1H3,(H,11,14). The topological polar surface area (TPSA) is 94.4 Å². The highest BCUT2D eigenvalue weighted by Gasteiger charge is 2.16. The molecule has 0 atom stereocenters. The lowest BCUT2D eigenvalue weighted by molar-refractivity contribution is -0.385. The normalized spacial score (nSPS) is 10.0. The lowest BCUT2D eigenvalue weighted by atomic mass is 10.2. The van der Waals surface area contributed by atoms with Gasteiger partial charge in [0.25, 0.3) is 11.6 Å². The fourth-order valence-corrected chi connectivity index (χ4v) is 1.25. The van der Waals surface area contributed by atoms with Gasteiger partial charge in [-0.3, -0.25) is 14.9 Å². The summed E-state index contributed by atoms with van der Waals surface area (Å²) in [4.78, 5) is 25.1. The van der Waals surface area contributed by atoms with E-state index in [0.717, 1.165) is 12.3 Å². The SMILES string of the molecule is COCCNC(=O)c1cc([N+](=O)[O-])cnc1Cl. The van der Waals surface area contributed by atoms with Crippen LogP contribution < -0.4 is 5.32 Å². The van der Waals surface area contributed by atoms with Crippen molar-refractivity contribution < 1.29 is 14.5 Å². The van der Waals surface area contributed by atoms with E-state index in [2.05, 4.69) is 10.3 Å². The Morgan fingerprint density at radius 3 is 3.00 bits per heavy atom. The number of aromatic nitrogens is 1. The number of halogens is 1. The van der Waals surface area contributed by atoms with Crippen LogP contribution in [0.4, 0.5) is 5.69 Å². The first-order valence-corrected chi connectivity index (χ1v) is 5.01. The molecule has 7 nitrogen and oxygen atoms in total. The summed E-state index contributed by atoms with van der Waals surface area (Å²) in [5.41, 5.74) is -0.316. The van der Waals surface area contributed by atoms with Gasteiger partial charge in [-0.25, -0.2) is 4.98 Å². The average molecular weight is 260 g/mol. The number of nitro groups is 1. The number of ether oxygens (including phenoxy) is 1. The van der Waals surface area contributed by atoms with Crippen LogP contribution in [0.3, 0.4) is 0 Å². The summed E-state index contributed by atoms with van der Waals surface area (Å²) in [6, 6.07) is 1.08. The van der Waals surface area contributed by atoms with Crippen molar-refractivity contribution in [2.75, 3.05) is 20.3 Å². The van der Waals surface area contributed by atoms with Gasteiger partial charge in [0.15, 0.2) is 0 Å². The van der Waals surface area contributed by atoms with Crippen LogP contribution in [0, 0.1) is 10.1 Å². The van der Waals surface area contributed by atoms with E-state index in [1.807, 2.05) is 0 Å². The Morgan fingerprint density at radius 1 is 1.71 bits per heavy atom. The minimum absolute atomic E-state index is 0.0306. The Labute approximate surface area is 102 Å². The predicted octanol–water partition coefficient (Wildman–Crippen LogP) is 1.02.